The Hall–Kier alpha value is -3.19. The number of carboxylic acids is 1. The number of ketones is 1. The molecule has 8 heteroatoms. The predicted molar refractivity (Wildman–Crippen MR) is 94.1 cm³/mol. The van der Waals surface area contributed by atoms with Crippen LogP contribution in [0.1, 0.15) is 21.5 Å². The average Bonchev–Trinajstić information content (AvgIpc) is 2.56. The molecule has 0 radical (unpaired) electrons. The second kappa shape index (κ2) is 7.79. The number of phenolic OH excluding ortho intramolecular Hbond substituents is 3. The summed E-state index contributed by atoms with van der Waals surface area (Å²) in [6.07, 6.45) is 1.86. The predicted octanol–water partition coefficient (Wildman–Crippen LogP) is 2.99. The van der Waals surface area contributed by atoms with E-state index < -0.39 is 29.7 Å². The molecule has 0 aliphatic carbocycles. The molecule has 4 N–H and O–H groups in total. The summed E-state index contributed by atoms with van der Waals surface area (Å²) in [5.74, 6) is -3.41. The van der Waals surface area contributed by atoms with Gasteiger partial charge in [0.15, 0.2) is 17.3 Å². The van der Waals surface area contributed by atoms with Crippen molar-refractivity contribution in [2.75, 3.05) is 7.11 Å². The van der Waals surface area contributed by atoms with Crippen molar-refractivity contribution < 1.29 is 34.8 Å². The molecule has 26 heavy (non-hydrogen) atoms. The Balaban J connectivity index is 2.43. The van der Waals surface area contributed by atoms with Crippen molar-refractivity contribution in [3.63, 3.8) is 0 Å². The number of methoxy groups -OCH3 is 1. The Morgan fingerprint density at radius 3 is 2.42 bits per heavy atom. The number of benzene rings is 2. The number of ether oxygens (including phenoxy) is 1. The molecule has 0 saturated heterocycles. The summed E-state index contributed by atoms with van der Waals surface area (Å²) in [7, 11) is 1.25. The summed E-state index contributed by atoms with van der Waals surface area (Å²) in [6.45, 7) is 0. The SMILES string of the molecule is COc1c(C=CC(=O)c2ccc(Cl)cc2O)cc(CC(=O)O)c(O)c1O. The van der Waals surface area contributed by atoms with E-state index in [9.17, 15) is 24.9 Å². The molecule has 0 amide bonds. The maximum absolute atomic E-state index is 12.2. The van der Waals surface area contributed by atoms with Gasteiger partial charge < -0.3 is 25.2 Å². The van der Waals surface area contributed by atoms with Gasteiger partial charge in [0, 0.05) is 16.1 Å². The van der Waals surface area contributed by atoms with E-state index in [1.165, 1.54) is 37.5 Å². The van der Waals surface area contributed by atoms with Crippen LogP contribution in [0.25, 0.3) is 6.08 Å². The molecule has 0 aromatic heterocycles. The fraction of sp³-hybridized carbons (Fsp3) is 0.111. The Morgan fingerprint density at radius 1 is 1.15 bits per heavy atom. The number of phenols is 3. The van der Waals surface area contributed by atoms with E-state index in [0.717, 1.165) is 6.08 Å². The van der Waals surface area contributed by atoms with Gasteiger partial charge in [-0.1, -0.05) is 11.6 Å². The van der Waals surface area contributed by atoms with Crippen molar-refractivity contribution in [3.05, 3.63) is 52.1 Å². The average molecular weight is 379 g/mol. The summed E-state index contributed by atoms with van der Waals surface area (Å²) in [6, 6.07) is 5.31. The molecule has 0 aliphatic rings. The summed E-state index contributed by atoms with van der Waals surface area (Å²) >= 11 is 5.72. The summed E-state index contributed by atoms with van der Waals surface area (Å²) in [5, 5.41) is 38.8. The van der Waals surface area contributed by atoms with Gasteiger partial charge in [-0.2, -0.15) is 0 Å². The zero-order valence-corrected chi connectivity index (χ0v) is 14.3. The van der Waals surface area contributed by atoms with Crippen LogP contribution >= 0.6 is 11.6 Å². The lowest BCUT2D eigenvalue weighted by Gasteiger charge is -2.12. The minimum Gasteiger partial charge on any atom is -0.507 e. The standard InChI is InChI=1S/C18H15ClO7/c1-26-18-9(6-10(7-15(22)23)16(24)17(18)25)2-5-13(20)12-4-3-11(19)8-14(12)21/h2-6,8,21,24-25H,7H2,1H3,(H,22,23). The summed E-state index contributed by atoms with van der Waals surface area (Å²) < 4.78 is 5.01. The van der Waals surface area contributed by atoms with Crippen molar-refractivity contribution in [1.82, 2.24) is 0 Å². The molecule has 2 aromatic rings. The minimum atomic E-state index is -1.21. The van der Waals surface area contributed by atoms with Gasteiger partial charge in [0.05, 0.1) is 19.1 Å². The minimum absolute atomic E-state index is 0.0124. The fourth-order valence-electron chi connectivity index (χ4n) is 2.32. The number of halogens is 1. The van der Waals surface area contributed by atoms with Crippen LogP contribution in [0.5, 0.6) is 23.0 Å². The number of aromatic hydroxyl groups is 3. The normalized spacial score (nSPS) is 10.8. The van der Waals surface area contributed by atoms with Crippen molar-refractivity contribution in [1.29, 1.82) is 0 Å². The van der Waals surface area contributed by atoms with Crippen LogP contribution in [0, 0.1) is 0 Å². The number of hydrogen-bond donors (Lipinski definition) is 4. The van der Waals surface area contributed by atoms with Gasteiger partial charge in [0.1, 0.15) is 5.75 Å². The van der Waals surface area contributed by atoms with Crippen LogP contribution in [0.15, 0.2) is 30.3 Å². The Morgan fingerprint density at radius 2 is 1.85 bits per heavy atom. The zero-order valence-electron chi connectivity index (χ0n) is 13.6. The van der Waals surface area contributed by atoms with E-state index in [-0.39, 0.29) is 33.2 Å². The molecule has 0 bridgehead atoms. The van der Waals surface area contributed by atoms with Crippen molar-refractivity contribution in [3.8, 4) is 23.0 Å². The van der Waals surface area contributed by atoms with Crippen LogP contribution < -0.4 is 4.74 Å². The molecule has 0 unspecified atom stereocenters. The molecule has 7 nitrogen and oxygen atoms in total. The number of rotatable bonds is 6. The number of carboxylic acid groups (broad SMARTS) is 1. The molecule has 2 aromatic carbocycles. The van der Waals surface area contributed by atoms with E-state index in [4.69, 9.17) is 21.4 Å². The number of allylic oxidation sites excluding steroid dienone is 1. The molecule has 0 heterocycles. The second-order valence-electron chi connectivity index (χ2n) is 5.28. The lowest BCUT2D eigenvalue weighted by Crippen LogP contribution is -2.02. The van der Waals surface area contributed by atoms with Gasteiger partial charge in [-0.15, -0.1) is 0 Å². The highest BCUT2D eigenvalue weighted by Gasteiger charge is 2.19. The van der Waals surface area contributed by atoms with E-state index in [1.54, 1.807) is 0 Å². The zero-order chi connectivity index (χ0) is 19.4. The Labute approximate surface area is 153 Å². The molecule has 0 saturated carbocycles. The number of aliphatic carboxylic acids is 1. The van der Waals surface area contributed by atoms with Gasteiger partial charge in [-0.05, 0) is 36.4 Å². The highest BCUT2D eigenvalue weighted by molar-refractivity contribution is 6.31. The van der Waals surface area contributed by atoms with E-state index in [0.29, 0.717) is 0 Å². The highest BCUT2D eigenvalue weighted by atomic mass is 35.5. The van der Waals surface area contributed by atoms with Crippen molar-refractivity contribution in [2.45, 2.75) is 6.42 Å². The van der Waals surface area contributed by atoms with Crippen molar-refractivity contribution >= 4 is 29.4 Å². The first-order chi connectivity index (χ1) is 12.2. The summed E-state index contributed by atoms with van der Waals surface area (Å²) in [4.78, 5) is 23.1. The first kappa shape index (κ1) is 19.1. The topological polar surface area (TPSA) is 124 Å². The first-order valence-corrected chi connectivity index (χ1v) is 7.67. The number of carbonyl (C=O) groups is 2. The van der Waals surface area contributed by atoms with Gasteiger partial charge in [0.2, 0.25) is 5.75 Å². The first-order valence-electron chi connectivity index (χ1n) is 7.29. The van der Waals surface area contributed by atoms with Gasteiger partial charge in [0.25, 0.3) is 0 Å². The van der Waals surface area contributed by atoms with Crippen LogP contribution in [0.4, 0.5) is 0 Å². The molecular formula is C18H15ClO7. The van der Waals surface area contributed by atoms with Crippen LogP contribution in [-0.2, 0) is 11.2 Å². The quantitative estimate of drug-likeness (QED) is 0.346. The molecule has 136 valence electrons. The largest absolute Gasteiger partial charge is 0.507 e. The van der Waals surface area contributed by atoms with Crippen LogP contribution in [0.2, 0.25) is 5.02 Å². The fourth-order valence-corrected chi connectivity index (χ4v) is 2.49. The van der Waals surface area contributed by atoms with E-state index in [2.05, 4.69) is 0 Å². The molecule has 0 spiro atoms. The molecular weight excluding hydrogens is 364 g/mol. The molecule has 0 atom stereocenters. The summed E-state index contributed by atoms with van der Waals surface area (Å²) in [5.41, 5.74) is 0.150. The maximum atomic E-state index is 12.2. The second-order valence-corrected chi connectivity index (χ2v) is 5.72. The lowest BCUT2D eigenvalue weighted by molar-refractivity contribution is -0.136. The Kier molecular flexibility index (Phi) is 5.74. The van der Waals surface area contributed by atoms with Gasteiger partial charge in [-0.3, -0.25) is 9.59 Å². The van der Waals surface area contributed by atoms with Gasteiger partial charge in [-0.25, -0.2) is 0 Å². The number of carbonyl (C=O) groups excluding carboxylic acids is 1. The van der Waals surface area contributed by atoms with Crippen LogP contribution in [0.3, 0.4) is 0 Å². The third kappa shape index (κ3) is 4.07. The van der Waals surface area contributed by atoms with Gasteiger partial charge >= 0.3 is 5.97 Å². The van der Waals surface area contributed by atoms with Crippen molar-refractivity contribution in [2.24, 2.45) is 0 Å². The monoisotopic (exact) mass is 378 g/mol. The molecule has 2 rings (SSSR count). The Bertz CT molecular complexity index is 903. The number of hydrogen-bond acceptors (Lipinski definition) is 6. The third-order valence-electron chi connectivity index (χ3n) is 3.52. The van der Waals surface area contributed by atoms with Crippen LogP contribution in [-0.4, -0.2) is 39.3 Å². The lowest BCUT2D eigenvalue weighted by atomic mass is 10.0. The van der Waals surface area contributed by atoms with E-state index >= 15 is 0 Å². The maximum Gasteiger partial charge on any atom is 0.307 e. The third-order valence-corrected chi connectivity index (χ3v) is 3.76. The molecule has 0 fully saturated rings. The molecule has 0 aliphatic heterocycles. The van der Waals surface area contributed by atoms with E-state index in [1.807, 2.05) is 0 Å². The smallest absolute Gasteiger partial charge is 0.307 e. The highest BCUT2D eigenvalue weighted by Crippen LogP contribution is 2.42.